The van der Waals surface area contributed by atoms with E-state index in [4.69, 9.17) is 4.52 Å². The van der Waals surface area contributed by atoms with Gasteiger partial charge in [-0.15, -0.1) is 0 Å². The van der Waals surface area contributed by atoms with E-state index >= 15 is 0 Å². The second-order valence-electron chi connectivity index (χ2n) is 8.06. The van der Waals surface area contributed by atoms with Gasteiger partial charge in [0.25, 0.3) is 0 Å². The number of carbonyl (C=O) groups is 1. The predicted molar refractivity (Wildman–Crippen MR) is 109 cm³/mol. The molecule has 0 aliphatic carbocycles. The molecule has 0 spiro atoms. The number of aromatic nitrogens is 1. The number of benzene rings is 1. The summed E-state index contributed by atoms with van der Waals surface area (Å²) in [6.45, 7) is 5.98. The fourth-order valence-electron chi connectivity index (χ4n) is 4.54. The summed E-state index contributed by atoms with van der Waals surface area (Å²) in [5, 5.41) is 3.77. The maximum absolute atomic E-state index is 13.4. The highest BCUT2D eigenvalue weighted by Gasteiger charge is 2.38. The molecule has 0 saturated carbocycles. The van der Waals surface area contributed by atoms with E-state index in [1.807, 2.05) is 23.1 Å². The number of aryl methyl sites for hydroxylation is 3. The van der Waals surface area contributed by atoms with Gasteiger partial charge in [-0.3, -0.25) is 4.79 Å². The molecule has 7 nitrogen and oxygen atoms in total. The maximum Gasteiger partial charge on any atom is 0.248 e. The second kappa shape index (κ2) is 7.57. The molecular formula is C21H27N3O4S. The Kier molecular flexibility index (Phi) is 5.25. The first-order valence-electron chi connectivity index (χ1n) is 10.1. The van der Waals surface area contributed by atoms with E-state index in [1.165, 1.54) is 9.87 Å². The average Bonchev–Trinajstić information content (AvgIpc) is 3.06. The van der Waals surface area contributed by atoms with Crippen LogP contribution < -0.4 is 4.90 Å². The van der Waals surface area contributed by atoms with Gasteiger partial charge in [-0.1, -0.05) is 23.4 Å². The third-order valence-electron chi connectivity index (χ3n) is 6.13. The Morgan fingerprint density at radius 1 is 1.14 bits per heavy atom. The summed E-state index contributed by atoms with van der Waals surface area (Å²) < 4.78 is 32.5. The lowest BCUT2D eigenvalue weighted by Crippen LogP contribution is -2.48. The summed E-state index contributed by atoms with van der Waals surface area (Å²) in [5.41, 5.74) is 2.58. The van der Waals surface area contributed by atoms with Crippen LogP contribution in [0.4, 0.5) is 5.69 Å². The third-order valence-corrected chi connectivity index (χ3v) is 8.27. The van der Waals surface area contributed by atoms with Gasteiger partial charge in [-0.25, -0.2) is 8.42 Å². The standard InChI is InChI=1S/C21H27N3O4S/c1-14-8-9-17-6-4-5-7-19(17)24(14)21(25)18-10-12-23(13-11-18)29(26,27)20-15(2)22-28-16(20)3/h4-7,14,18H,8-13H2,1-3H3. The average molecular weight is 418 g/mol. The fraction of sp³-hybridized carbons (Fsp3) is 0.524. The molecule has 1 saturated heterocycles. The number of nitrogens with zero attached hydrogens (tertiary/aromatic N) is 3. The molecule has 1 fully saturated rings. The van der Waals surface area contributed by atoms with Crippen molar-refractivity contribution in [2.24, 2.45) is 5.92 Å². The monoisotopic (exact) mass is 417 g/mol. The van der Waals surface area contributed by atoms with Gasteiger partial charge in [0.15, 0.2) is 5.76 Å². The minimum atomic E-state index is -3.66. The number of anilines is 1. The Labute approximate surface area is 171 Å². The summed E-state index contributed by atoms with van der Waals surface area (Å²) in [6.07, 6.45) is 2.97. The lowest BCUT2D eigenvalue weighted by atomic mass is 9.91. The number of hydrogen-bond acceptors (Lipinski definition) is 5. The van der Waals surface area contributed by atoms with Crippen LogP contribution in [-0.2, 0) is 21.2 Å². The molecule has 1 atom stereocenters. The molecule has 1 aromatic carbocycles. The van der Waals surface area contributed by atoms with E-state index < -0.39 is 10.0 Å². The van der Waals surface area contributed by atoms with Crippen LogP contribution >= 0.6 is 0 Å². The topological polar surface area (TPSA) is 83.7 Å². The molecule has 0 N–H and O–H groups in total. The van der Waals surface area contributed by atoms with E-state index in [9.17, 15) is 13.2 Å². The summed E-state index contributed by atoms with van der Waals surface area (Å²) in [7, 11) is -3.66. The molecular weight excluding hydrogens is 390 g/mol. The van der Waals surface area contributed by atoms with E-state index in [2.05, 4.69) is 18.1 Å². The summed E-state index contributed by atoms with van der Waals surface area (Å²) in [6, 6.07) is 8.23. The molecule has 0 bridgehead atoms. The number of para-hydroxylation sites is 1. The largest absolute Gasteiger partial charge is 0.360 e. The molecule has 1 aromatic heterocycles. The molecule has 2 aliphatic rings. The number of carbonyl (C=O) groups excluding carboxylic acids is 1. The molecule has 2 aromatic rings. The summed E-state index contributed by atoms with van der Waals surface area (Å²) >= 11 is 0. The molecule has 8 heteroatoms. The Balaban J connectivity index is 1.50. The number of hydrogen-bond donors (Lipinski definition) is 0. The van der Waals surface area contributed by atoms with Gasteiger partial charge in [-0.2, -0.15) is 4.31 Å². The first-order valence-corrected chi connectivity index (χ1v) is 11.6. The highest BCUT2D eigenvalue weighted by molar-refractivity contribution is 7.89. The van der Waals surface area contributed by atoms with Crippen molar-refractivity contribution in [1.82, 2.24) is 9.46 Å². The quantitative estimate of drug-likeness (QED) is 0.766. The molecule has 1 amide bonds. The number of sulfonamides is 1. The van der Waals surface area contributed by atoms with E-state index in [0.717, 1.165) is 18.5 Å². The first kappa shape index (κ1) is 20.1. The van der Waals surface area contributed by atoms with Gasteiger partial charge in [0.1, 0.15) is 10.6 Å². The van der Waals surface area contributed by atoms with E-state index in [0.29, 0.717) is 37.4 Å². The minimum Gasteiger partial charge on any atom is -0.360 e. The fourth-order valence-corrected chi connectivity index (χ4v) is 6.30. The van der Waals surface area contributed by atoms with Crippen LogP contribution in [0.5, 0.6) is 0 Å². The molecule has 1 unspecified atom stereocenters. The van der Waals surface area contributed by atoms with Gasteiger partial charge in [-0.05, 0) is 58.1 Å². The van der Waals surface area contributed by atoms with Crippen LogP contribution in [0.25, 0.3) is 0 Å². The van der Waals surface area contributed by atoms with Crippen molar-refractivity contribution < 1.29 is 17.7 Å². The summed E-state index contributed by atoms with van der Waals surface area (Å²) in [5.74, 6) is 0.248. The smallest absolute Gasteiger partial charge is 0.248 e. The lowest BCUT2D eigenvalue weighted by Gasteiger charge is -2.39. The lowest BCUT2D eigenvalue weighted by molar-refractivity contribution is -0.124. The zero-order chi connectivity index (χ0) is 20.8. The van der Waals surface area contributed by atoms with Gasteiger partial charge >= 0.3 is 0 Å². The third kappa shape index (κ3) is 3.48. The minimum absolute atomic E-state index is 0.110. The highest BCUT2D eigenvalue weighted by atomic mass is 32.2. The predicted octanol–water partition coefficient (Wildman–Crippen LogP) is 3.06. The molecule has 0 radical (unpaired) electrons. The zero-order valence-electron chi connectivity index (χ0n) is 17.1. The number of fused-ring (bicyclic) bond motifs is 1. The number of rotatable bonds is 3. The van der Waals surface area contributed by atoms with E-state index in [1.54, 1.807) is 13.8 Å². The van der Waals surface area contributed by atoms with Crippen molar-refractivity contribution in [3.8, 4) is 0 Å². The Morgan fingerprint density at radius 2 is 1.83 bits per heavy atom. The van der Waals surface area contributed by atoms with Crippen molar-refractivity contribution in [3.63, 3.8) is 0 Å². The van der Waals surface area contributed by atoms with Crippen molar-refractivity contribution in [1.29, 1.82) is 0 Å². The zero-order valence-corrected chi connectivity index (χ0v) is 17.9. The van der Waals surface area contributed by atoms with Crippen LogP contribution in [-0.4, -0.2) is 42.9 Å². The molecule has 3 heterocycles. The second-order valence-corrected chi connectivity index (χ2v) is 9.93. The highest BCUT2D eigenvalue weighted by Crippen LogP contribution is 2.34. The van der Waals surface area contributed by atoms with Crippen molar-refractivity contribution in [3.05, 3.63) is 41.3 Å². The van der Waals surface area contributed by atoms with E-state index in [-0.39, 0.29) is 22.8 Å². The first-order chi connectivity index (χ1) is 13.8. The van der Waals surface area contributed by atoms with Gasteiger partial charge in [0, 0.05) is 30.7 Å². The maximum atomic E-state index is 13.4. The van der Waals surface area contributed by atoms with Crippen LogP contribution in [0.2, 0.25) is 0 Å². The summed E-state index contributed by atoms with van der Waals surface area (Å²) in [4.78, 5) is 15.4. The normalized spacial score (nSPS) is 21.2. The van der Waals surface area contributed by atoms with Crippen LogP contribution in [0.3, 0.4) is 0 Å². The van der Waals surface area contributed by atoms with Gasteiger partial charge in [0.2, 0.25) is 15.9 Å². The Bertz CT molecular complexity index is 1000. The molecule has 156 valence electrons. The Morgan fingerprint density at radius 3 is 2.48 bits per heavy atom. The Hall–Kier alpha value is -2.19. The van der Waals surface area contributed by atoms with Gasteiger partial charge < -0.3 is 9.42 Å². The van der Waals surface area contributed by atoms with Crippen molar-refractivity contribution >= 4 is 21.6 Å². The number of amides is 1. The number of piperidine rings is 1. The van der Waals surface area contributed by atoms with Crippen LogP contribution in [0, 0.1) is 19.8 Å². The molecule has 29 heavy (non-hydrogen) atoms. The van der Waals surface area contributed by atoms with Crippen molar-refractivity contribution in [2.45, 2.75) is 57.4 Å². The SMILES string of the molecule is Cc1noc(C)c1S(=O)(=O)N1CCC(C(=O)N2c3ccccc3CCC2C)CC1. The van der Waals surface area contributed by atoms with Crippen LogP contribution in [0.1, 0.15) is 43.2 Å². The molecule has 2 aliphatic heterocycles. The van der Waals surface area contributed by atoms with Crippen molar-refractivity contribution in [2.75, 3.05) is 18.0 Å². The van der Waals surface area contributed by atoms with Crippen LogP contribution in [0.15, 0.2) is 33.7 Å². The molecule has 4 rings (SSSR count). The van der Waals surface area contributed by atoms with Gasteiger partial charge in [0.05, 0.1) is 0 Å².